The van der Waals surface area contributed by atoms with Gasteiger partial charge in [-0.2, -0.15) is 0 Å². The van der Waals surface area contributed by atoms with Crippen LogP contribution in [-0.4, -0.2) is 37.5 Å². The number of nitrogens with one attached hydrogen (secondary N) is 1. The van der Waals surface area contributed by atoms with E-state index in [-0.39, 0.29) is 5.91 Å². The van der Waals surface area contributed by atoms with Gasteiger partial charge in [-0.1, -0.05) is 34.1 Å². The minimum absolute atomic E-state index is 0.269. The number of carbonyl (C=O) groups is 1. The minimum atomic E-state index is 0.269. The van der Waals surface area contributed by atoms with E-state index in [9.17, 15) is 4.79 Å². The van der Waals surface area contributed by atoms with Gasteiger partial charge >= 0.3 is 0 Å². The van der Waals surface area contributed by atoms with Crippen LogP contribution < -0.4 is 5.32 Å². The molecule has 0 saturated carbocycles. The van der Waals surface area contributed by atoms with Gasteiger partial charge in [0.15, 0.2) is 0 Å². The quantitative estimate of drug-likeness (QED) is 0.895. The maximum atomic E-state index is 12.2. The predicted octanol–water partition coefficient (Wildman–Crippen LogP) is 2.84. The molecule has 20 heavy (non-hydrogen) atoms. The van der Waals surface area contributed by atoms with Gasteiger partial charge in [0, 0.05) is 24.5 Å². The van der Waals surface area contributed by atoms with Gasteiger partial charge in [0.05, 0.1) is 0 Å². The van der Waals surface area contributed by atoms with E-state index in [1.165, 1.54) is 18.4 Å². The molecule has 1 aliphatic rings. The normalized spacial score (nSPS) is 18.8. The van der Waals surface area contributed by atoms with Crippen LogP contribution in [0.2, 0.25) is 0 Å². The van der Waals surface area contributed by atoms with E-state index >= 15 is 0 Å². The lowest BCUT2D eigenvalue weighted by atomic mass is 9.95. The summed E-state index contributed by atoms with van der Waals surface area (Å²) in [7, 11) is 1.91. The first-order valence-electron chi connectivity index (χ1n) is 7.35. The molecule has 1 unspecified atom stereocenters. The number of amides is 1. The highest BCUT2D eigenvalue weighted by Gasteiger charge is 2.18. The van der Waals surface area contributed by atoms with Crippen LogP contribution in [0.3, 0.4) is 0 Å². The second-order valence-corrected chi connectivity index (χ2v) is 6.43. The van der Waals surface area contributed by atoms with E-state index in [0.717, 1.165) is 30.5 Å². The van der Waals surface area contributed by atoms with Crippen molar-refractivity contribution in [1.82, 2.24) is 10.2 Å². The van der Waals surface area contributed by atoms with Gasteiger partial charge < -0.3 is 10.2 Å². The van der Waals surface area contributed by atoms with Gasteiger partial charge in [-0.25, -0.2) is 0 Å². The molecule has 1 aliphatic heterocycles. The van der Waals surface area contributed by atoms with Gasteiger partial charge in [0.2, 0.25) is 5.91 Å². The number of piperidine rings is 1. The number of hydrogen-bond donors (Lipinski definition) is 1. The average Bonchev–Trinajstić information content (AvgIpc) is 2.47. The molecular formula is C16H23BrN2O. The molecule has 1 amide bonds. The number of benzene rings is 1. The van der Waals surface area contributed by atoms with Crippen LogP contribution in [0, 0.1) is 5.92 Å². The number of hydrogen-bond acceptors (Lipinski definition) is 2. The molecule has 4 heteroatoms. The smallest absolute Gasteiger partial charge is 0.222 e. The highest BCUT2D eigenvalue weighted by atomic mass is 79.9. The lowest BCUT2D eigenvalue weighted by molar-refractivity contribution is -0.131. The lowest BCUT2D eigenvalue weighted by Gasteiger charge is -2.25. The third-order valence-corrected chi connectivity index (χ3v) is 4.74. The fourth-order valence-electron chi connectivity index (χ4n) is 2.62. The van der Waals surface area contributed by atoms with E-state index in [0.29, 0.717) is 12.3 Å². The molecule has 1 aromatic carbocycles. The van der Waals surface area contributed by atoms with Gasteiger partial charge in [-0.05, 0) is 49.9 Å². The largest absolute Gasteiger partial charge is 0.345 e. The Hall–Kier alpha value is -0.870. The van der Waals surface area contributed by atoms with Crippen LogP contribution >= 0.6 is 15.9 Å². The summed E-state index contributed by atoms with van der Waals surface area (Å²) in [5, 5.41) is 3.37. The summed E-state index contributed by atoms with van der Waals surface area (Å²) in [6.45, 7) is 2.87. The zero-order valence-electron chi connectivity index (χ0n) is 12.1. The molecule has 1 N–H and O–H groups in total. The number of likely N-dealkylation sites (N-methyl/N-ethyl adjacent to an activating group) is 1. The standard InChI is InChI=1S/C16H23BrN2O/c1-19(10-8-14-6-2-3-7-15(14)17)16(20)11-13-5-4-9-18-12-13/h2-3,6-7,13,18H,4-5,8-12H2,1H3. The fraction of sp³-hybridized carbons (Fsp3) is 0.562. The lowest BCUT2D eigenvalue weighted by Crippen LogP contribution is -2.35. The first-order chi connectivity index (χ1) is 9.66. The molecule has 110 valence electrons. The summed E-state index contributed by atoms with van der Waals surface area (Å²) in [5.41, 5.74) is 1.26. The molecule has 1 atom stereocenters. The zero-order chi connectivity index (χ0) is 14.4. The third-order valence-electron chi connectivity index (χ3n) is 3.96. The van der Waals surface area contributed by atoms with Crippen molar-refractivity contribution >= 4 is 21.8 Å². The summed E-state index contributed by atoms with van der Waals surface area (Å²) >= 11 is 3.55. The van der Waals surface area contributed by atoms with Crippen LogP contribution in [0.15, 0.2) is 28.7 Å². The Balaban J connectivity index is 1.77. The third kappa shape index (κ3) is 4.60. The van der Waals surface area contributed by atoms with E-state index in [1.54, 1.807) is 0 Å². The summed E-state index contributed by atoms with van der Waals surface area (Å²) < 4.78 is 1.12. The Kier molecular flexibility index (Phi) is 6.05. The molecule has 0 aliphatic carbocycles. The molecule has 0 spiro atoms. The van der Waals surface area contributed by atoms with Crippen LogP contribution in [0.1, 0.15) is 24.8 Å². The van der Waals surface area contributed by atoms with Gasteiger partial charge in [-0.15, -0.1) is 0 Å². The number of halogens is 1. The topological polar surface area (TPSA) is 32.3 Å². The first kappa shape index (κ1) is 15.5. The minimum Gasteiger partial charge on any atom is -0.345 e. The highest BCUT2D eigenvalue weighted by molar-refractivity contribution is 9.10. The van der Waals surface area contributed by atoms with Crippen LogP contribution in [0.4, 0.5) is 0 Å². The Morgan fingerprint density at radius 3 is 2.95 bits per heavy atom. The fourth-order valence-corrected chi connectivity index (χ4v) is 3.10. The molecule has 0 radical (unpaired) electrons. The van der Waals surface area contributed by atoms with E-state index in [1.807, 2.05) is 30.1 Å². The van der Waals surface area contributed by atoms with Crippen molar-refractivity contribution in [3.8, 4) is 0 Å². The molecule has 1 fully saturated rings. The molecule has 0 bridgehead atoms. The number of carbonyl (C=O) groups excluding carboxylic acids is 1. The Labute approximate surface area is 129 Å². The van der Waals surface area contributed by atoms with Crippen molar-refractivity contribution < 1.29 is 4.79 Å². The summed E-state index contributed by atoms with van der Waals surface area (Å²) in [5.74, 6) is 0.785. The van der Waals surface area contributed by atoms with E-state index in [2.05, 4.69) is 27.3 Å². The predicted molar refractivity (Wildman–Crippen MR) is 85.7 cm³/mol. The van der Waals surface area contributed by atoms with Crippen molar-refractivity contribution in [1.29, 1.82) is 0 Å². The summed E-state index contributed by atoms with van der Waals surface area (Å²) in [6, 6.07) is 8.20. The number of nitrogens with zero attached hydrogens (tertiary/aromatic N) is 1. The summed E-state index contributed by atoms with van der Waals surface area (Å²) in [4.78, 5) is 14.1. The number of rotatable bonds is 5. The van der Waals surface area contributed by atoms with Crippen molar-refractivity contribution in [2.75, 3.05) is 26.7 Å². The van der Waals surface area contributed by atoms with Crippen LogP contribution in [-0.2, 0) is 11.2 Å². The van der Waals surface area contributed by atoms with E-state index in [4.69, 9.17) is 0 Å². The van der Waals surface area contributed by atoms with E-state index < -0.39 is 0 Å². The maximum Gasteiger partial charge on any atom is 0.222 e. The van der Waals surface area contributed by atoms with Gasteiger partial charge in [-0.3, -0.25) is 4.79 Å². The van der Waals surface area contributed by atoms with Crippen molar-refractivity contribution in [2.45, 2.75) is 25.7 Å². The van der Waals surface area contributed by atoms with Gasteiger partial charge in [0.25, 0.3) is 0 Å². The monoisotopic (exact) mass is 338 g/mol. The second-order valence-electron chi connectivity index (χ2n) is 5.57. The van der Waals surface area contributed by atoms with Crippen LogP contribution in [0.5, 0.6) is 0 Å². The van der Waals surface area contributed by atoms with Crippen molar-refractivity contribution in [2.24, 2.45) is 5.92 Å². The highest BCUT2D eigenvalue weighted by Crippen LogP contribution is 2.18. The Morgan fingerprint density at radius 1 is 1.45 bits per heavy atom. The van der Waals surface area contributed by atoms with Crippen molar-refractivity contribution in [3.63, 3.8) is 0 Å². The molecule has 1 aromatic rings. The zero-order valence-corrected chi connectivity index (χ0v) is 13.7. The SMILES string of the molecule is CN(CCc1ccccc1Br)C(=O)CC1CCCNC1. The first-order valence-corrected chi connectivity index (χ1v) is 8.14. The Bertz CT molecular complexity index is 444. The molecule has 1 saturated heterocycles. The molecular weight excluding hydrogens is 316 g/mol. The molecule has 2 rings (SSSR count). The maximum absolute atomic E-state index is 12.2. The van der Waals surface area contributed by atoms with Crippen molar-refractivity contribution in [3.05, 3.63) is 34.3 Å². The Morgan fingerprint density at radius 2 is 2.25 bits per heavy atom. The van der Waals surface area contributed by atoms with Gasteiger partial charge in [0.1, 0.15) is 0 Å². The average molecular weight is 339 g/mol. The second kappa shape index (κ2) is 7.79. The molecule has 1 heterocycles. The summed E-state index contributed by atoms with van der Waals surface area (Å²) in [6.07, 6.45) is 3.95. The van der Waals surface area contributed by atoms with Crippen LogP contribution in [0.25, 0.3) is 0 Å². The molecule has 3 nitrogen and oxygen atoms in total. The molecule has 0 aromatic heterocycles.